The molecule has 0 atom stereocenters. The molecule has 0 aliphatic heterocycles. The predicted molar refractivity (Wildman–Crippen MR) is 216 cm³/mol. The lowest BCUT2D eigenvalue weighted by atomic mass is 9.86. The van der Waals surface area contributed by atoms with E-state index in [2.05, 4.69) is 0 Å². The zero-order valence-corrected chi connectivity index (χ0v) is 25.8. The maximum Gasteiger partial charge on any atom is 0.143 e. The second kappa shape index (κ2) is 12.2. The van der Waals surface area contributed by atoms with Gasteiger partial charge in [-0.05, 0) is 102 Å². The van der Waals surface area contributed by atoms with Crippen LogP contribution < -0.4 is 0 Å². The van der Waals surface area contributed by atoms with Crippen molar-refractivity contribution in [3.8, 4) is 22.3 Å². The predicted octanol–water partition coefficient (Wildman–Crippen LogP) is 13.6. The van der Waals surface area contributed by atoms with Crippen LogP contribution in [0.4, 0.5) is 0 Å². The van der Waals surface area contributed by atoms with Crippen LogP contribution >= 0.6 is 0 Å². The van der Waals surface area contributed by atoms with E-state index in [1.807, 2.05) is 0 Å². The number of furan rings is 1. The lowest BCUT2D eigenvalue weighted by Crippen LogP contribution is -1.98. The summed E-state index contributed by atoms with van der Waals surface area (Å²) < 4.78 is 272. The Morgan fingerprint density at radius 2 is 0.824 bits per heavy atom. The van der Waals surface area contributed by atoms with Gasteiger partial charge in [-0.3, -0.25) is 0 Å². The molecule has 0 saturated carbocycles. The van der Waals surface area contributed by atoms with Crippen molar-refractivity contribution >= 4 is 54.3 Å². The Kier molecular flexibility index (Phi) is 2.89. The molecular formula is C50H34O. The van der Waals surface area contributed by atoms with Crippen LogP contribution in [-0.4, -0.2) is 0 Å². The van der Waals surface area contributed by atoms with Crippen LogP contribution in [0.1, 0.15) is 63.4 Å². The highest BCUT2D eigenvalue weighted by atomic mass is 16.3. The van der Waals surface area contributed by atoms with Crippen molar-refractivity contribution in [3.63, 3.8) is 0 Å². The molecule has 0 N–H and O–H groups in total. The lowest BCUT2D eigenvalue weighted by molar-refractivity contribution is 0.672. The molecule has 0 unspecified atom stereocenters. The molecule has 0 fully saturated rings. The van der Waals surface area contributed by atoms with Crippen LogP contribution in [0.25, 0.3) is 76.5 Å². The highest BCUT2D eigenvalue weighted by Gasteiger charge is 2.16. The van der Waals surface area contributed by atoms with Gasteiger partial charge in [0.05, 0.1) is 41.1 Å². The molecule has 1 heteroatoms. The first-order chi connectivity index (χ1) is 37.8. The van der Waals surface area contributed by atoms with Gasteiger partial charge in [0, 0.05) is 16.2 Å². The van der Waals surface area contributed by atoms with E-state index in [9.17, 15) is 12.3 Å². The molecule has 0 amide bonds. The summed E-state index contributed by atoms with van der Waals surface area (Å²) >= 11 is 0. The van der Waals surface area contributed by atoms with E-state index >= 15 is 0 Å². The van der Waals surface area contributed by atoms with Crippen molar-refractivity contribution in [2.24, 2.45) is 0 Å². The zero-order chi connectivity index (χ0) is 59.8. The van der Waals surface area contributed by atoms with E-state index in [1.165, 1.54) is 0 Å². The molecule has 0 radical (unpaired) electrons. The summed E-state index contributed by atoms with van der Waals surface area (Å²) in [4.78, 5) is 0. The Morgan fingerprint density at radius 3 is 1.41 bits per heavy atom. The van der Waals surface area contributed by atoms with Gasteiger partial charge in [0.2, 0.25) is 0 Å². The first-order valence-corrected chi connectivity index (χ1v) is 15.3. The standard InChI is InChI=1S/C50H34O/c1-2-10-35(11-3-1)36-22-18-33(19-23-36)30-46-41-14-6-8-16-43(41)47(44-17-9-7-15-42(44)46)31-34-20-24-37(25-21-34)39-27-29-49-48(32-39)45-28-26-38-12-4-5-13-40(38)50(45)51-49/h1-29,32H,30-31H2/i1D,2D,3D,4D,5D,6D,7D,8D,9D,10D,11D,12D,13D,14D,15D,16D,17D,18D,19D,20D,21D,22D,23D,24D,25D,26D,27D,28D,29D,32D. The van der Waals surface area contributed by atoms with Gasteiger partial charge >= 0.3 is 0 Å². The van der Waals surface area contributed by atoms with Gasteiger partial charge in [-0.25, -0.2) is 0 Å². The quantitative estimate of drug-likeness (QED) is 0.159. The van der Waals surface area contributed by atoms with Crippen molar-refractivity contribution in [2.75, 3.05) is 0 Å². The van der Waals surface area contributed by atoms with E-state index in [4.69, 9.17) is 33.2 Å². The van der Waals surface area contributed by atoms with Crippen molar-refractivity contribution in [3.05, 3.63) is 204 Å². The molecule has 1 heterocycles. The van der Waals surface area contributed by atoms with E-state index in [1.54, 1.807) is 0 Å². The second-order valence-corrected chi connectivity index (χ2v) is 11.3. The van der Waals surface area contributed by atoms with Crippen molar-refractivity contribution < 1.29 is 45.5 Å². The third-order valence-electron chi connectivity index (χ3n) is 8.33. The monoisotopic (exact) mass is 680 g/mol. The molecule has 1 nitrogen and oxygen atoms in total. The second-order valence-electron chi connectivity index (χ2n) is 11.3. The third kappa shape index (κ3) is 5.18. The van der Waals surface area contributed by atoms with E-state index in [0.29, 0.717) is 0 Å². The number of benzene rings is 9. The Morgan fingerprint density at radius 1 is 0.353 bits per heavy atom. The minimum absolute atomic E-state index is 0.369. The van der Waals surface area contributed by atoms with Gasteiger partial charge in [-0.2, -0.15) is 0 Å². The summed E-state index contributed by atoms with van der Waals surface area (Å²) in [6.07, 6.45) is -1.76. The Balaban J connectivity index is 1.25. The van der Waals surface area contributed by atoms with Crippen molar-refractivity contribution in [1.29, 1.82) is 0 Å². The minimum atomic E-state index is -0.948. The van der Waals surface area contributed by atoms with Gasteiger partial charge in [-0.15, -0.1) is 0 Å². The highest BCUT2D eigenvalue weighted by molar-refractivity contribution is 6.15. The summed E-state index contributed by atoms with van der Waals surface area (Å²) in [6.45, 7) is 0. The lowest BCUT2D eigenvalue weighted by Gasteiger charge is -2.18. The zero-order valence-electron chi connectivity index (χ0n) is 55.8. The molecule has 10 rings (SSSR count). The minimum Gasteiger partial charge on any atom is -0.455 e. The van der Waals surface area contributed by atoms with Crippen LogP contribution in [-0.2, 0) is 12.8 Å². The van der Waals surface area contributed by atoms with Gasteiger partial charge in [0.15, 0.2) is 0 Å². The first kappa shape index (κ1) is 12.1. The summed E-state index contributed by atoms with van der Waals surface area (Å²) in [5, 5.41) is -3.55. The average Bonchev–Trinajstić information content (AvgIpc) is 3.09. The summed E-state index contributed by atoms with van der Waals surface area (Å²) in [6, 6.07) is -25.0. The van der Waals surface area contributed by atoms with Crippen LogP contribution in [0.15, 0.2) is 186 Å². The van der Waals surface area contributed by atoms with E-state index in [0.717, 1.165) is 0 Å². The average molecular weight is 681 g/mol. The molecule has 9 aromatic carbocycles. The maximum atomic E-state index is 9.44. The fourth-order valence-electron chi connectivity index (χ4n) is 6.00. The summed E-state index contributed by atoms with van der Waals surface area (Å²) in [5.41, 5.74) is -5.60. The number of hydrogen-bond donors (Lipinski definition) is 0. The molecule has 240 valence electrons. The summed E-state index contributed by atoms with van der Waals surface area (Å²) in [5.74, 6) is 0. The van der Waals surface area contributed by atoms with Gasteiger partial charge in [0.25, 0.3) is 0 Å². The SMILES string of the molecule is [2H]c1c([2H])c([2H])c(-c2c([2H])c([2H])c(Cc3c4c([2H])c([2H])c([2H])c([2H])c4c(Cc4c([2H])c([2H])c(-c5c([2H])c([2H])c6oc7c8c([2H])c([2H])c([2H])c([2H])c8c([2H])c([2H])c7c6c5[2H])c([2H])c4[2H])c4c([2H])c([2H])c([2H])c([2H])c34)c([2H])c2[2H])c([2H])c1[2H]. The van der Waals surface area contributed by atoms with Gasteiger partial charge < -0.3 is 4.42 Å². The molecule has 10 aromatic rings. The van der Waals surface area contributed by atoms with Crippen molar-refractivity contribution in [2.45, 2.75) is 12.8 Å². The van der Waals surface area contributed by atoms with Gasteiger partial charge in [-0.1, -0.05) is 163 Å². The topological polar surface area (TPSA) is 13.1 Å². The van der Waals surface area contributed by atoms with Gasteiger partial charge in [0.1, 0.15) is 11.2 Å². The number of fused-ring (bicyclic) bond motifs is 7. The smallest absolute Gasteiger partial charge is 0.143 e. The summed E-state index contributed by atoms with van der Waals surface area (Å²) in [7, 11) is 0. The van der Waals surface area contributed by atoms with E-state index < -0.39 is 277 Å². The van der Waals surface area contributed by atoms with Crippen LogP contribution in [0.5, 0.6) is 0 Å². The fraction of sp³-hybridized carbons (Fsp3) is 0.0400. The van der Waals surface area contributed by atoms with Crippen LogP contribution in [0.2, 0.25) is 0 Å². The molecule has 0 aliphatic carbocycles. The normalized spacial score (nSPS) is 19.9. The fourth-order valence-corrected chi connectivity index (χ4v) is 6.00. The molecule has 0 aliphatic rings. The van der Waals surface area contributed by atoms with Crippen molar-refractivity contribution in [1.82, 2.24) is 0 Å². The van der Waals surface area contributed by atoms with Crippen LogP contribution in [0.3, 0.4) is 0 Å². The maximum absolute atomic E-state index is 9.44. The largest absolute Gasteiger partial charge is 0.455 e. The molecule has 0 spiro atoms. The molecule has 1 aromatic heterocycles. The number of hydrogen-bond acceptors (Lipinski definition) is 1. The van der Waals surface area contributed by atoms with E-state index in [-0.39, 0.29) is 16.3 Å². The Bertz CT molecular complexity index is 4470. The third-order valence-corrected chi connectivity index (χ3v) is 8.33. The number of rotatable bonds is 6. The molecular weight excluding hydrogens is 617 g/mol. The highest BCUT2D eigenvalue weighted by Crippen LogP contribution is 2.38. The Labute approximate surface area is 339 Å². The molecule has 51 heavy (non-hydrogen) atoms. The molecule has 0 saturated heterocycles. The Hall–Kier alpha value is -6.44. The van der Waals surface area contributed by atoms with Crippen LogP contribution in [0, 0.1) is 0 Å². The molecule has 0 bridgehead atoms. The first-order valence-electron chi connectivity index (χ1n) is 30.3.